The van der Waals surface area contributed by atoms with Crippen LogP contribution in [0.1, 0.15) is 42.7 Å². The molecule has 0 bridgehead atoms. The van der Waals surface area contributed by atoms with E-state index in [-0.39, 0.29) is 40.9 Å². The SMILES string of the molecule is CC(C)C[C@@H](C(=O)N1CC[C@@]2(C1)C(=O)Nc1ccc(N=[N+]=[N-])cc12)N(C)C(=O)c1cc2c(F)cc(F)cc2[nH]1. The number of aromatic nitrogens is 1. The molecule has 5 rings (SSSR count). The second-order valence-corrected chi connectivity index (χ2v) is 10.6. The molecule has 39 heavy (non-hydrogen) atoms. The first-order valence-corrected chi connectivity index (χ1v) is 12.6. The lowest BCUT2D eigenvalue weighted by Crippen LogP contribution is -2.50. The Labute approximate surface area is 222 Å². The van der Waals surface area contributed by atoms with Crippen LogP contribution in [0.3, 0.4) is 0 Å². The second kappa shape index (κ2) is 9.70. The predicted octanol–water partition coefficient (Wildman–Crippen LogP) is 5.00. The van der Waals surface area contributed by atoms with Gasteiger partial charge in [0, 0.05) is 47.9 Å². The molecule has 2 N–H and O–H groups in total. The van der Waals surface area contributed by atoms with Gasteiger partial charge in [-0.25, -0.2) is 8.78 Å². The van der Waals surface area contributed by atoms with Crippen molar-refractivity contribution in [3.05, 3.63) is 69.7 Å². The van der Waals surface area contributed by atoms with Crippen molar-refractivity contribution in [2.24, 2.45) is 11.0 Å². The van der Waals surface area contributed by atoms with Gasteiger partial charge in [0.15, 0.2) is 0 Å². The molecule has 0 saturated carbocycles. The minimum Gasteiger partial charge on any atom is -0.350 e. The summed E-state index contributed by atoms with van der Waals surface area (Å²) >= 11 is 0. The smallest absolute Gasteiger partial charge is 0.270 e. The van der Waals surface area contributed by atoms with E-state index in [2.05, 4.69) is 20.3 Å². The van der Waals surface area contributed by atoms with Crippen LogP contribution in [0.25, 0.3) is 21.3 Å². The number of rotatable bonds is 6. The number of carbonyl (C=O) groups is 3. The van der Waals surface area contributed by atoms with Crippen molar-refractivity contribution in [3.63, 3.8) is 0 Å². The summed E-state index contributed by atoms with van der Waals surface area (Å²) in [6.45, 7) is 4.27. The van der Waals surface area contributed by atoms with Crippen LogP contribution in [0, 0.1) is 17.6 Å². The summed E-state index contributed by atoms with van der Waals surface area (Å²) in [5.74, 6) is -2.59. The lowest BCUT2D eigenvalue weighted by molar-refractivity contribution is -0.135. The number of anilines is 1. The fraction of sp³-hybridized carbons (Fsp3) is 0.370. The Kier molecular flexibility index (Phi) is 6.51. The Balaban J connectivity index is 1.42. The van der Waals surface area contributed by atoms with Crippen LogP contribution in [0.4, 0.5) is 20.2 Å². The molecule has 3 heterocycles. The molecule has 1 aromatic heterocycles. The highest BCUT2D eigenvalue weighted by Gasteiger charge is 2.53. The van der Waals surface area contributed by atoms with Gasteiger partial charge in [-0.1, -0.05) is 25.0 Å². The van der Waals surface area contributed by atoms with Gasteiger partial charge in [0.25, 0.3) is 5.91 Å². The Morgan fingerprint density at radius 1 is 1.23 bits per heavy atom. The average molecular weight is 536 g/mol. The van der Waals surface area contributed by atoms with Crippen molar-refractivity contribution in [2.45, 2.75) is 38.1 Å². The minimum absolute atomic E-state index is 0.0334. The molecule has 12 heteroatoms. The number of nitrogens with one attached hydrogen (secondary N) is 2. The first kappa shape index (κ1) is 26.2. The zero-order valence-electron chi connectivity index (χ0n) is 21.7. The fourth-order valence-electron chi connectivity index (χ4n) is 5.61. The van der Waals surface area contributed by atoms with Crippen LogP contribution in [0.15, 0.2) is 41.5 Å². The quantitative estimate of drug-likeness (QED) is 0.261. The van der Waals surface area contributed by atoms with Gasteiger partial charge in [-0.05, 0) is 54.1 Å². The number of fused-ring (bicyclic) bond motifs is 3. The number of benzene rings is 2. The molecule has 1 saturated heterocycles. The third-order valence-corrected chi connectivity index (χ3v) is 7.59. The van der Waals surface area contributed by atoms with Crippen LogP contribution in [-0.2, 0) is 15.0 Å². The summed E-state index contributed by atoms with van der Waals surface area (Å²) in [6.07, 6.45) is 0.730. The van der Waals surface area contributed by atoms with Gasteiger partial charge in [0.1, 0.15) is 23.4 Å². The van der Waals surface area contributed by atoms with E-state index in [1.54, 1.807) is 23.1 Å². The number of H-pyrrole nitrogens is 1. The summed E-state index contributed by atoms with van der Waals surface area (Å²) in [5, 5.41) is 6.59. The molecule has 0 unspecified atom stereocenters. The number of carbonyl (C=O) groups excluding carboxylic acids is 3. The number of nitrogens with zero attached hydrogens (tertiary/aromatic N) is 5. The molecule has 0 aliphatic carbocycles. The van der Waals surface area contributed by atoms with E-state index in [9.17, 15) is 23.2 Å². The van der Waals surface area contributed by atoms with Gasteiger partial charge >= 0.3 is 0 Å². The number of amides is 3. The molecule has 2 aliphatic rings. The number of likely N-dealkylation sites (N-methyl/N-ethyl adjacent to an activating group) is 1. The molecule has 1 spiro atoms. The van der Waals surface area contributed by atoms with E-state index in [4.69, 9.17) is 5.53 Å². The van der Waals surface area contributed by atoms with Crippen LogP contribution >= 0.6 is 0 Å². The van der Waals surface area contributed by atoms with Crippen molar-refractivity contribution in [1.29, 1.82) is 0 Å². The van der Waals surface area contributed by atoms with Crippen LogP contribution in [0.2, 0.25) is 0 Å². The summed E-state index contributed by atoms with van der Waals surface area (Å²) in [7, 11) is 1.51. The molecule has 2 atom stereocenters. The number of likely N-dealkylation sites (tertiary alicyclic amines) is 1. The normalized spacial score (nSPS) is 18.8. The zero-order chi connectivity index (χ0) is 28.1. The van der Waals surface area contributed by atoms with Gasteiger partial charge in [-0.3, -0.25) is 14.4 Å². The predicted molar refractivity (Wildman–Crippen MR) is 140 cm³/mol. The van der Waals surface area contributed by atoms with Crippen molar-refractivity contribution in [1.82, 2.24) is 14.8 Å². The van der Waals surface area contributed by atoms with Crippen molar-refractivity contribution in [2.75, 3.05) is 25.5 Å². The third-order valence-electron chi connectivity index (χ3n) is 7.59. The van der Waals surface area contributed by atoms with Gasteiger partial charge in [0.05, 0.1) is 10.9 Å². The highest BCUT2D eigenvalue weighted by molar-refractivity contribution is 6.07. The molecular formula is C27H27F2N7O3. The minimum atomic E-state index is -0.990. The molecule has 10 nitrogen and oxygen atoms in total. The molecule has 2 aliphatic heterocycles. The van der Waals surface area contributed by atoms with Gasteiger partial charge < -0.3 is 20.1 Å². The van der Waals surface area contributed by atoms with E-state index in [0.29, 0.717) is 36.3 Å². The number of aromatic amines is 1. The van der Waals surface area contributed by atoms with Crippen LogP contribution < -0.4 is 5.32 Å². The maximum Gasteiger partial charge on any atom is 0.270 e. The van der Waals surface area contributed by atoms with Crippen molar-refractivity contribution < 1.29 is 23.2 Å². The van der Waals surface area contributed by atoms with Gasteiger partial charge in [-0.15, -0.1) is 0 Å². The number of azide groups is 1. The molecular weight excluding hydrogens is 508 g/mol. The lowest BCUT2D eigenvalue weighted by atomic mass is 9.80. The van der Waals surface area contributed by atoms with Crippen molar-refractivity contribution >= 4 is 40.0 Å². The molecule has 3 amide bonds. The Morgan fingerprint density at radius 2 is 2.00 bits per heavy atom. The average Bonchev–Trinajstić information content (AvgIpc) is 3.59. The van der Waals surface area contributed by atoms with Gasteiger partial charge in [-0.2, -0.15) is 0 Å². The summed E-state index contributed by atoms with van der Waals surface area (Å²) in [4.78, 5) is 48.9. The largest absolute Gasteiger partial charge is 0.350 e. The highest BCUT2D eigenvalue weighted by Crippen LogP contribution is 2.46. The Hall–Kier alpha value is -4.44. The number of halogens is 2. The molecule has 202 valence electrons. The summed E-state index contributed by atoms with van der Waals surface area (Å²) in [6, 6.07) is 7.27. The maximum atomic E-state index is 14.2. The monoisotopic (exact) mass is 535 g/mol. The second-order valence-electron chi connectivity index (χ2n) is 10.6. The van der Waals surface area contributed by atoms with E-state index >= 15 is 0 Å². The zero-order valence-corrected chi connectivity index (χ0v) is 21.7. The van der Waals surface area contributed by atoms with E-state index in [0.717, 1.165) is 12.1 Å². The Bertz CT molecular complexity index is 1560. The lowest BCUT2D eigenvalue weighted by Gasteiger charge is -2.32. The maximum absolute atomic E-state index is 14.2. The topological polar surface area (TPSA) is 134 Å². The van der Waals surface area contributed by atoms with Crippen LogP contribution in [-0.4, -0.2) is 58.7 Å². The van der Waals surface area contributed by atoms with E-state index in [1.165, 1.54) is 18.0 Å². The first-order valence-electron chi connectivity index (χ1n) is 12.6. The summed E-state index contributed by atoms with van der Waals surface area (Å²) in [5.41, 5.74) is 9.66. The molecule has 1 fully saturated rings. The van der Waals surface area contributed by atoms with E-state index < -0.39 is 29.0 Å². The fourth-order valence-corrected chi connectivity index (χ4v) is 5.61. The van der Waals surface area contributed by atoms with Crippen molar-refractivity contribution in [3.8, 4) is 0 Å². The Morgan fingerprint density at radius 3 is 2.72 bits per heavy atom. The van der Waals surface area contributed by atoms with Gasteiger partial charge in [0.2, 0.25) is 11.8 Å². The molecule has 2 aromatic carbocycles. The molecule has 3 aromatic rings. The molecule has 0 radical (unpaired) electrons. The standard InChI is InChI=1S/C27H27F2N7O3/c1-14(2)8-23(35(3)24(37)22-12-17-19(29)9-15(28)10-21(17)31-22)25(38)36-7-6-27(13-36)18-11-16(33-34-30)4-5-20(18)32-26(27)39/h4-5,9-12,14,23,31H,6-8,13H2,1-3H3,(H,32,39)/t23-,27-/m0/s1. The first-order chi connectivity index (χ1) is 18.5. The highest BCUT2D eigenvalue weighted by atomic mass is 19.1. The third kappa shape index (κ3) is 4.46. The summed E-state index contributed by atoms with van der Waals surface area (Å²) < 4.78 is 27.9. The number of hydrogen-bond acceptors (Lipinski definition) is 4. The van der Waals surface area contributed by atoms with E-state index in [1.807, 2.05) is 13.8 Å². The number of hydrogen-bond donors (Lipinski definition) is 2. The van der Waals surface area contributed by atoms with Crippen LogP contribution in [0.5, 0.6) is 0 Å².